The number of halogens is 4. The normalized spacial score (nSPS) is 9.42. The Balaban J connectivity index is 0. The van der Waals surface area contributed by atoms with Gasteiger partial charge in [-0.1, -0.05) is 46.4 Å². The molecule has 62 valence electrons. The van der Waals surface area contributed by atoms with Crippen molar-refractivity contribution in [1.29, 1.82) is 0 Å². The van der Waals surface area contributed by atoms with Crippen LogP contribution in [0.3, 0.4) is 0 Å². The summed E-state index contributed by atoms with van der Waals surface area (Å²) in [4.78, 5) is 0.447. The molecule has 0 aromatic heterocycles. The number of thiol groups is 1. The number of hydrogen-bond acceptors (Lipinski definition) is 1. The second-order valence-corrected chi connectivity index (χ2v) is 3.83. The van der Waals surface area contributed by atoms with E-state index in [0.717, 1.165) is 0 Å². The molecule has 0 atom stereocenters. The molecule has 1 rings (SSSR count). The predicted molar refractivity (Wildman–Crippen MR) is 54.8 cm³/mol. The van der Waals surface area contributed by atoms with Crippen molar-refractivity contribution >= 4 is 59.0 Å². The van der Waals surface area contributed by atoms with E-state index < -0.39 is 0 Å². The van der Waals surface area contributed by atoms with Crippen molar-refractivity contribution in [2.75, 3.05) is 0 Å². The average Bonchev–Trinajstić information content (AvgIpc) is 1.97. The first-order chi connectivity index (χ1) is 5.04. The van der Waals surface area contributed by atoms with Crippen LogP contribution in [0.2, 0.25) is 20.1 Å². The Morgan fingerprint density at radius 2 is 1.50 bits per heavy atom. The average molecular weight is 272 g/mol. The van der Waals surface area contributed by atoms with Crippen molar-refractivity contribution in [3.8, 4) is 0 Å². The van der Waals surface area contributed by atoms with E-state index in [0.29, 0.717) is 14.9 Å². The largest absolute Gasteiger partial charge is 1.00 e. The molecule has 0 nitrogen and oxygen atoms in total. The SMILES string of the molecule is Sc1c(Cl)cc(Cl)c(Cl)c1Cl.[H-].[Na+]. The van der Waals surface area contributed by atoms with Gasteiger partial charge in [-0.2, -0.15) is 0 Å². The molecular weight excluding hydrogens is 269 g/mol. The second-order valence-electron chi connectivity index (χ2n) is 1.82. The third-order valence-electron chi connectivity index (χ3n) is 1.09. The van der Waals surface area contributed by atoms with Gasteiger partial charge >= 0.3 is 29.6 Å². The van der Waals surface area contributed by atoms with Crippen LogP contribution in [0.25, 0.3) is 0 Å². The Morgan fingerprint density at radius 1 is 1.00 bits per heavy atom. The summed E-state index contributed by atoms with van der Waals surface area (Å²) in [6, 6.07) is 1.50. The first-order valence-electron chi connectivity index (χ1n) is 2.56. The zero-order chi connectivity index (χ0) is 8.59. The van der Waals surface area contributed by atoms with Crippen LogP contribution in [0, 0.1) is 0 Å². The van der Waals surface area contributed by atoms with E-state index in [1.165, 1.54) is 6.07 Å². The summed E-state index contributed by atoms with van der Waals surface area (Å²) >= 11 is 26.8. The van der Waals surface area contributed by atoms with Crippen molar-refractivity contribution in [3.63, 3.8) is 0 Å². The number of hydrogen-bond donors (Lipinski definition) is 1. The number of rotatable bonds is 0. The molecule has 1 aromatic carbocycles. The van der Waals surface area contributed by atoms with E-state index in [1.807, 2.05) is 0 Å². The van der Waals surface area contributed by atoms with E-state index in [-0.39, 0.29) is 41.0 Å². The van der Waals surface area contributed by atoms with Crippen molar-refractivity contribution in [3.05, 3.63) is 26.2 Å². The van der Waals surface area contributed by atoms with Gasteiger partial charge < -0.3 is 1.43 Å². The second kappa shape index (κ2) is 5.57. The molecular formula is C6H3Cl4NaS. The van der Waals surface area contributed by atoms with Crippen LogP contribution in [-0.2, 0) is 0 Å². The molecule has 0 saturated heterocycles. The van der Waals surface area contributed by atoms with Crippen molar-refractivity contribution in [2.24, 2.45) is 0 Å². The van der Waals surface area contributed by atoms with Crippen molar-refractivity contribution in [2.45, 2.75) is 4.90 Å². The van der Waals surface area contributed by atoms with Gasteiger partial charge in [0.2, 0.25) is 0 Å². The van der Waals surface area contributed by atoms with E-state index in [9.17, 15) is 0 Å². The minimum Gasteiger partial charge on any atom is -1.00 e. The van der Waals surface area contributed by atoms with Crippen LogP contribution >= 0.6 is 59.0 Å². The topological polar surface area (TPSA) is 0 Å². The Kier molecular flexibility index (Phi) is 6.38. The zero-order valence-corrected chi connectivity index (χ0v) is 12.0. The minimum absolute atomic E-state index is 0. The van der Waals surface area contributed by atoms with Gasteiger partial charge in [-0.05, 0) is 6.07 Å². The van der Waals surface area contributed by atoms with Gasteiger partial charge in [0.05, 0.1) is 20.1 Å². The zero-order valence-electron chi connectivity index (χ0n) is 7.04. The molecule has 0 amide bonds. The molecule has 0 saturated carbocycles. The van der Waals surface area contributed by atoms with Crippen molar-refractivity contribution in [1.82, 2.24) is 0 Å². The van der Waals surface area contributed by atoms with Gasteiger partial charge in [-0.15, -0.1) is 12.6 Å². The fourth-order valence-electron chi connectivity index (χ4n) is 0.557. The van der Waals surface area contributed by atoms with Crippen LogP contribution in [-0.4, -0.2) is 0 Å². The van der Waals surface area contributed by atoms with Crippen LogP contribution < -0.4 is 29.6 Å². The molecule has 12 heavy (non-hydrogen) atoms. The molecule has 0 aliphatic carbocycles. The van der Waals surface area contributed by atoms with Crippen LogP contribution in [0.15, 0.2) is 11.0 Å². The standard InChI is InChI=1S/C6H2Cl4S.Na.H/c7-2-1-3(8)6(11)5(10)4(2)9;;/h1,11H;;/q;+1;-1. The van der Waals surface area contributed by atoms with Crippen molar-refractivity contribution < 1.29 is 31.0 Å². The van der Waals surface area contributed by atoms with Gasteiger partial charge in [0.25, 0.3) is 0 Å². The molecule has 6 heteroatoms. The van der Waals surface area contributed by atoms with Crippen LogP contribution in [0.4, 0.5) is 0 Å². The van der Waals surface area contributed by atoms with Gasteiger partial charge in [0.15, 0.2) is 0 Å². The quantitative estimate of drug-likeness (QED) is 0.316. The summed E-state index contributed by atoms with van der Waals surface area (Å²) in [6.07, 6.45) is 0. The Bertz CT molecular complexity index is 281. The molecule has 0 aliphatic heterocycles. The maximum absolute atomic E-state index is 5.71. The fourth-order valence-corrected chi connectivity index (χ4v) is 1.71. The third kappa shape index (κ3) is 2.86. The molecule has 0 heterocycles. The molecule has 0 spiro atoms. The Labute approximate surface area is 120 Å². The third-order valence-corrected chi connectivity index (χ3v) is 3.38. The van der Waals surface area contributed by atoms with E-state index in [1.54, 1.807) is 0 Å². The summed E-state index contributed by atoms with van der Waals surface area (Å²) in [5.74, 6) is 0. The Morgan fingerprint density at radius 3 is 2.00 bits per heavy atom. The monoisotopic (exact) mass is 270 g/mol. The maximum Gasteiger partial charge on any atom is 1.00 e. The molecule has 0 radical (unpaired) electrons. The summed E-state index contributed by atoms with van der Waals surface area (Å²) < 4.78 is 0. The summed E-state index contributed by atoms with van der Waals surface area (Å²) in [6.45, 7) is 0. The van der Waals surface area contributed by atoms with Gasteiger partial charge in [0.1, 0.15) is 0 Å². The number of benzene rings is 1. The Hall–Kier alpha value is 1.73. The molecule has 0 bridgehead atoms. The molecule has 0 fully saturated rings. The van der Waals surface area contributed by atoms with E-state index in [4.69, 9.17) is 46.4 Å². The molecule has 0 aliphatic rings. The molecule has 1 aromatic rings. The summed E-state index contributed by atoms with van der Waals surface area (Å²) in [5.41, 5.74) is 0. The fraction of sp³-hybridized carbons (Fsp3) is 0. The first-order valence-corrected chi connectivity index (χ1v) is 4.52. The summed E-state index contributed by atoms with van der Waals surface area (Å²) in [5, 5.41) is 1.29. The van der Waals surface area contributed by atoms with Crippen LogP contribution in [0.5, 0.6) is 0 Å². The van der Waals surface area contributed by atoms with Crippen LogP contribution in [0.1, 0.15) is 1.43 Å². The molecule has 0 unspecified atom stereocenters. The maximum atomic E-state index is 5.71. The first kappa shape index (κ1) is 13.7. The van der Waals surface area contributed by atoms with Gasteiger partial charge in [-0.25, -0.2) is 0 Å². The van der Waals surface area contributed by atoms with E-state index in [2.05, 4.69) is 12.6 Å². The minimum atomic E-state index is 0. The predicted octanol–water partition coefficient (Wildman–Crippen LogP) is 1.71. The van der Waals surface area contributed by atoms with E-state index >= 15 is 0 Å². The van der Waals surface area contributed by atoms with Gasteiger partial charge in [-0.3, -0.25) is 0 Å². The summed E-state index contributed by atoms with van der Waals surface area (Å²) in [7, 11) is 0. The van der Waals surface area contributed by atoms with Gasteiger partial charge in [0, 0.05) is 4.90 Å². The molecule has 0 N–H and O–H groups in total. The smallest absolute Gasteiger partial charge is 1.00 e.